The lowest BCUT2D eigenvalue weighted by atomic mass is 9.90. The maximum absolute atomic E-state index is 5.78. The smallest absolute Gasteiger partial charge is 0.194 e. The summed E-state index contributed by atoms with van der Waals surface area (Å²) in [6.07, 6.45) is 4.52. The van der Waals surface area contributed by atoms with E-state index in [0.29, 0.717) is 18.3 Å². The van der Waals surface area contributed by atoms with Crippen LogP contribution in [0, 0.1) is 5.41 Å². The van der Waals surface area contributed by atoms with E-state index in [0.717, 1.165) is 6.42 Å². The molecule has 1 aromatic heterocycles. The molecule has 0 unspecified atom stereocenters. The maximum atomic E-state index is 5.78. The van der Waals surface area contributed by atoms with Crippen LogP contribution in [0.4, 0.5) is 5.82 Å². The highest BCUT2D eigenvalue weighted by atomic mass is 15.1. The van der Waals surface area contributed by atoms with Crippen molar-refractivity contribution in [3.63, 3.8) is 0 Å². The zero-order valence-electron chi connectivity index (χ0n) is 10.5. The maximum Gasteiger partial charge on any atom is 0.194 e. The normalized spacial score (nSPS) is 12.2. The molecule has 0 spiro atoms. The molecule has 1 rings (SSSR count). The largest absolute Gasteiger partial charge is 0.370 e. The second-order valence-electron chi connectivity index (χ2n) is 4.70. The summed E-state index contributed by atoms with van der Waals surface area (Å²) in [6, 6.07) is 5.59. The van der Waals surface area contributed by atoms with Crippen LogP contribution in [-0.4, -0.2) is 17.5 Å². The van der Waals surface area contributed by atoms with Crippen LogP contribution in [0.15, 0.2) is 42.0 Å². The third kappa shape index (κ3) is 5.15. The molecule has 0 fully saturated rings. The Bertz CT molecular complexity index is 382. The van der Waals surface area contributed by atoms with Gasteiger partial charge in [0.05, 0.1) is 0 Å². The van der Waals surface area contributed by atoms with Crippen molar-refractivity contribution in [2.24, 2.45) is 16.1 Å². The average molecular weight is 232 g/mol. The Labute approximate surface area is 103 Å². The van der Waals surface area contributed by atoms with Gasteiger partial charge in [0.2, 0.25) is 0 Å². The molecule has 0 atom stereocenters. The highest BCUT2D eigenvalue weighted by molar-refractivity contribution is 5.91. The molecule has 17 heavy (non-hydrogen) atoms. The third-order valence-electron chi connectivity index (χ3n) is 2.30. The number of hydrogen-bond acceptors (Lipinski definition) is 2. The minimum atomic E-state index is 0.0815. The number of anilines is 1. The van der Waals surface area contributed by atoms with Crippen molar-refractivity contribution in [3.05, 3.63) is 37.1 Å². The standard InChI is InChI=1S/C13H20N4/c1-4-8-13(2,3)10-16-12(14)17-11-7-5-6-9-15-11/h4-7,9H,1,8,10H2,2-3H3,(H3,14,15,16,17). The van der Waals surface area contributed by atoms with Crippen LogP contribution in [-0.2, 0) is 0 Å². The van der Waals surface area contributed by atoms with Crippen molar-refractivity contribution >= 4 is 11.8 Å². The highest BCUT2D eigenvalue weighted by Gasteiger charge is 2.15. The van der Waals surface area contributed by atoms with E-state index in [4.69, 9.17) is 5.73 Å². The molecule has 0 aliphatic rings. The van der Waals surface area contributed by atoms with Gasteiger partial charge in [-0.05, 0) is 24.0 Å². The Morgan fingerprint density at radius 1 is 1.59 bits per heavy atom. The summed E-state index contributed by atoms with van der Waals surface area (Å²) >= 11 is 0. The molecule has 1 aromatic rings. The van der Waals surface area contributed by atoms with E-state index in [-0.39, 0.29) is 5.41 Å². The molecular weight excluding hydrogens is 212 g/mol. The molecule has 0 radical (unpaired) electrons. The predicted molar refractivity (Wildman–Crippen MR) is 72.9 cm³/mol. The SMILES string of the molecule is C=CCC(C)(C)CN=C(N)Nc1ccccn1. The van der Waals surface area contributed by atoms with Crippen LogP contribution in [0.5, 0.6) is 0 Å². The Kier molecular flexibility index (Phi) is 4.69. The van der Waals surface area contributed by atoms with Gasteiger partial charge in [-0.2, -0.15) is 0 Å². The minimum Gasteiger partial charge on any atom is -0.370 e. The molecule has 0 bridgehead atoms. The van der Waals surface area contributed by atoms with Crippen molar-refractivity contribution < 1.29 is 0 Å². The number of aromatic nitrogens is 1. The summed E-state index contributed by atoms with van der Waals surface area (Å²) in [6.45, 7) is 8.66. The third-order valence-corrected chi connectivity index (χ3v) is 2.30. The average Bonchev–Trinajstić information content (AvgIpc) is 2.28. The molecule has 0 amide bonds. The summed E-state index contributed by atoms with van der Waals surface area (Å²) in [5.74, 6) is 1.09. The Balaban J connectivity index is 2.53. The van der Waals surface area contributed by atoms with Crippen LogP contribution in [0.25, 0.3) is 0 Å². The summed E-state index contributed by atoms with van der Waals surface area (Å²) < 4.78 is 0. The molecule has 0 aliphatic heterocycles. The van der Waals surface area contributed by atoms with Crippen molar-refractivity contribution in [1.82, 2.24) is 4.98 Å². The van der Waals surface area contributed by atoms with Crippen LogP contribution >= 0.6 is 0 Å². The first-order chi connectivity index (χ1) is 8.03. The topological polar surface area (TPSA) is 63.3 Å². The van der Waals surface area contributed by atoms with E-state index in [9.17, 15) is 0 Å². The van der Waals surface area contributed by atoms with Gasteiger partial charge in [0.25, 0.3) is 0 Å². The number of allylic oxidation sites excluding steroid dienone is 1. The summed E-state index contributed by atoms with van der Waals surface area (Å²) in [5.41, 5.74) is 5.86. The van der Waals surface area contributed by atoms with Crippen molar-refractivity contribution in [3.8, 4) is 0 Å². The minimum absolute atomic E-state index is 0.0815. The van der Waals surface area contributed by atoms with Crippen molar-refractivity contribution in [2.75, 3.05) is 11.9 Å². The van der Waals surface area contributed by atoms with Crippen LogP contribution in [0.1, 0.15) is 20.3 Å². The molecule has 0 aromatic carbocycles. The number of guanidine groups is 1. The lowest BCUT2D eigenvalue weighted by molar-refractivity contribution is 0.386. The number of pyridine rings is 1. The number of nitrogens with one attached hydrogen (secondary N) is 1. The number of nitrogens with zero attached hydrogens (tertiary/aromatic N) is 2. The summed E-state index contributed by atoms with van der Waals surface area (Å²) in [7, 11) is 0. The highest BCUT2D eigenvalue weighted by Crippen LogP contribution is 2.20. The van der Waals surface area contributed by atoms with Crippen LogP contribution < -0.4 is 11.1 Å². The number of aliphatic imine (C=N–C) groups is 1. The molecular formula is C13H20N4. The fourth-order valence-corrected chi connectivity index (χ4v) is 1.36. The van der Waals surface area contributed by atoms with E-state index in [2.05, 4.69) is 35.7 Å². The first-order valence-corrected chi connectivity index (χ1v) is 5.62. The van der Waals surface area contributed by atoms with Gasteiger partial charge in [-0.3, -0.25) is 4.99 Å². The summed E-state index contributed by atoms with van der Waals surface area (Å²) in [4.78, 5) is 8.42. The van der Waals surface area contributed by atoms with Crippen molar-refractivity contribution in [2.45, 2.75) is 20.3 Å². The quantitative estimate of drug-likeness (QED) is 0.465. The predicted octanol–water partition coefficient (Wildman–Crippen LogP) is 2.41. The number of nitrogens with two attached hydrogens (primary N) is 1. The van der Waals surface area contributed by atoms with Gasteiger partial charge in [0.15, 0.2) is 5.96 Å². The van der Waals surface area contributed by atoms with E-state index in [1.807, 2.05) is 24.3 Å². The van der Waals surface area contributed by atoms with Gasteiger partial charge >= 0.3 is 0 Å². The molecule has 0 saturated heterocycles. The Hall–Kier alpha value is -1.84. The van der Waals surface area contributed by atoms with E-state index in [1.165, 1.54) is 0 Å². The molecule has 4 nitrogen and oxygen atoms in total. The molecule has 0 aliphatic carbocycles. The van der Waals surface area contributed by atoms with Crippen LogP contribution in [0.3, 0.4) is 0 Å². The van der Waals surface area contributed by atoms with Gasteiger partial charge in [-0.1, -0.05) is 26.0 Å². The molecule has 4 heteroatoms. The number of rotatable bonds is 5. The Morgan fingerprint density at radius 2 is 2.35 bits per heavy atom. The van der Waals surface area contributed by atoms with Crippen molar-refractivity contribution in [1.29, 1.82) is 0 Å². The molecule has 92 valence electrons. The van der Waals surface area contributed by atoms with Gasteiger partial charge < -0.3 is 11.1 Å². The lowest BCUT2D eigenvalue weighted by Gasteiger charge is -2.20. The second kappa shape index (κ2) is 6.03. The zero-order chi connectivity index (χ0) is 12.7. The lowest BCUT2D eigenvalue weighted by Crippen LogP contribution is -2.26. The Morgan fingerprint density at radius 3 is 2.94 bits per heavy atom. The fourth-order valence-electron chi connectivity index (χ4n) is 1.36. The monoisotopic (exact) mass is 232 g/mol. The molecule has 0 saturated carbocycles. The van der Waals surface area contributed by atoms with Gasteiger partial charge in [-0.25, -0.2) is 4.98 Å². The van der Waals surface area contributed by atoms with Gasteiger partial charge in [0, 0.05) is 12.7 Å². The van der Waals surface area contributed by atoms with E-state index in [1.54, 1.807) is 6.20 Å². The van der Waals surface area contributed by atoms with Gasteiger partial charge in [0.1, 0.15) is 5.82 Å². The van der Waals surface area contributed by atoms with E-state index >= 15 is 0 Å². The summed E-state index contributed by atoms with van der Waals surface area (Å²) in [5, 5.41) is 2.95. The molecule has 3 N–H and O–H groups in total. The molecule has 1 heterocycles. The van der Waals surface area contributed by atoms with Gasteiger partial charge in [-0.15, -0.1) is 6.58 Å². The first kappa shape index (κ1) is 13.2. The second-order valence-corrected chi connectivity index (χ2v) is 4.70. The zero-order valence-corrected chi connectivity index (χ0v) is 10.5. The fraction of sp³-hybridized carbons (Fsp3) is 0.385. The first-order valence-electron chi connectivity index (χ1n) is 5.62. The van der Waals surface area contributed by atoms with Crippen LogP contribution in [0.2, 0.25) is 0 Å². The number of hydrogen-bond donors (Lipinski definition) is 2. The van der Waals surface area contributed by atoms with E-state index < -0.39 is 0 Å².